The number of hydrogen-bond acceptors (Lipinski definition) is 4. The summed E-state index contributed by atoms with van der Waals surface area (Å²) in [4.78, 5) is 0. The lowest BCUT2D eigenvalue weighted by Gasteiger charge is -2.47. The molecule has 1 heterocycles. The second-order valence-electron chi connectivity index (χ2n) is 5.06. The molecule has 0 spiro atoms. The van der Waals surface area contributed by atoms with Gasteiger partial charge in [-0.15, -0.1) is 6.58 Å². The van der Waals surface area contributed by atoms with Crippen LogP contribution in [0.25, 0.3) is 0 Å². The Morgan fingerprint density at radius 1 is 1.15 bits per heavy atom. The number of hydrogen-bond donors (Lipinski definition) is 0. The van der Waals surface area contributed by atoms with Gasteiger partial charge >= 0.3 is 8.56 Å². The smallest absolute Gasteiger partial charge is 0.370 e. The molecule has 4 nitrogen and oxygen atoms in total. The molecule has 0 saturated carbocycles. The summed E-state index contributed by atoms with van der Waals surface area (Å²) in [5, 5.41) is -0.122. The Hall–Kier alpha value is -0.203. The summed E-state index contributed by atoms with van der Waals surface area (Å²) in [5.74, 6) is 0. The fourth-order valence-corrected chi connectivity index (χ4v) is 7.03. The first-order chi connectivity index (χ1) is 9.61. The standard InChI is InChI=1S/C11H24O3Si.C4H8O/c1-5-8-11(12-2)9-6-7-10-15(11,13-3)14-4;1-3-4-5-2/h5-10H2,1-4H3;3H,1,4H2,2H3. The maximum Gasteiger partial charge on any atom is 0.370 e. The van der Waals surface area contributed by atoms with Gasteiger partial charge in [0, 0.05) is 28.4 Å². The molecule has 0 aromatic carbocycles. The Kier molecular flexibility index (Phi) is 10.4. The van der Waals surface area contributed by atoms with Crippen molar-refractivity contribution in [3.8, 4) is 0 Å². The highest BCUT2D eigenvalue weighted by Crippen LogP contribution is 2.42. The third kappa shape index (κ3) is 4.67. The zero-order valence-corrected chi connectivity index (χ0v) is 14.9. The Balaban J connectivity index is 0.000000621. The first kappa shape index (κ1) is 19.8. The van der Waals surface area contributed by atoms with Gasteiger partial charge in [-0.25, -0.2) is 0 Å². The predicted molar refractivity (Wildman–Crippen MR) is 85.2 cm³/mol. The van der Waals surface area contributed by atoms with E-state index in [0.29, 0.717) is 6.61 Å². The Morgan fingerprint density at radius 2 is 1.80 bits per heavy atom. The van der Waals surface area contributed by atoms with Crippen molar-refractivity contribution in [1.29, 1.82) is 0 Å². The van der Waals surface area contributed by atoms with Crippen molar-refractivity contribution in [2.45, 2.75) is 50.3 Å². The fraction of sp³-hybridized carbons (Fsp3) is 0.867. The summed E-state index contributed by atoms with van der Waals surface area (Å²) in [5.41, 5.74) is 0. The van der Waals surface area contributed by atoms with Crippen molar-refractivity contribution in [3.63, 3.8) is 0 Å². The fourth-order valence-electron chi connectivity index (χ4n) is 3.04. The molecule has 1 unspecified atom stereocenters. The third-order valence-corrected chi connectivity index (χ3v) is 8.44. The number of rotatable bonds is 7. The van der Waals surface area contributed by atoms with E-state index in [1.807, 2.05) is 0 Å². The molecule has 1 rings (SSSR count). The van der Waals surface area contributed by atoms with Crippen molar-refractivity contribution < 1.29 is 18.3 Å². The minimum atomic E-state index is -2.15. The molecule has 0 N–H and O–H groups in total. The monoisotopic (exact) mass is 304 g/mol. The molecule has 0 aromatic rings. The van der Waals surface area contributed by atoms with Gasteiger partial charge in [-0.05, 0) is 18.9 Å². The molecule has 1 saturated heterocycles. The molecule has 1 atom stereocenters. The summed E-state index contributed by atoms with van der Waals surface area (Å²) in [6.07, 6.45) is 7.41. The number of methoxy groups -OCH3 is 2. The lowest BCUT2D eigenvalue weighted by atomic mass is 10.1. The molecule has 0 aliphatic carbocycles. The van der Waals surface area contributed by atoms with Crippen LogP contribution in [0, 0.1) is 0 Å². The molecule has 0 bridgehead atoms. The summed E-state index contributed by atoms with van der Waals surface area (Å²) < 4.78 is 22.0. The SMILES string of the molecule is C=CCOC.CCCC1(OC)CCCC[Si]1(OC)OC. The highest BCUT2D eigenvalue weighted by atomic mass is 28.4. The first-order valence-electron chi connectivity index (χ1n) is 7.37. The van der Waals surface area contributed by atoms with Crippen LogP contribution < -0.4 is 0 Å². The number of ether oxygens (including phenoxy) is 2. The highest BCUT2D eigenvalue weighted by molar-refractivity contribution is 6.70. The lowest BCUT2D eigenvalue weighted by Crippen LogP contribution is -2.64. The highest BCUT2D eigenvalue weighted by Gasteiger charge is 2.58. The Bertz CT molecular complexity index is 252. The molecule has 120 valence electrons. The molecule has 0 radical (unpaired) electrons. The van der Waals surface area contributed by atoms with Crippen molar-refractivity contribution in [2.75, 3.05) is 35.0 Å². The minimum Gasteiger partial charge on any atom is -0.396 e. The molecule has 20 heavy (non-hydrogen) atoms. The predicted octanol–water partition coefficient (Wildman–Crippen LogP) is 3.45. The average Bonchev–Trinajstić information content (AvgIpc) is 2.49. The van der Waals surface area contributed by atoms with Gasteiger partial charge in [-0.3, -0.25) is 0 Å². The largest absolute Gasteiger partial charge is 0.396 e. The van der Waals surface area contributed by atoms with Crippen LogP contribution in [-0.2, 0) is 18.3 Å². The summed E-state index contributed by atoms with van der Waals surface area (Å²) in [6, 6.07) is 1.06. The third-order valence-electron chi connectivity index (χ3n) is 4.02. The lowest BCUT2D eigenvalue weighted by molar-refractivity contribution is -0.0149. The van der Waals surface area contributed by atoms with Gasteiger partial charge < -0.3 is 18.3 Å². The van der Waals surface area contributed by atoms with E-state index in [1.54, 1.807) is 34.5 Å². The zero-order valence-electron chi connectivity index (χ0n) is 13.9. The molecule has 5 heteroatoms. The summed E-state index contributed by atoms with van der Waals surface area (Å²) in [7, 11) is 4.86. The van der Waals surface area contributed by atoms with Gasteiger partial charge in [0.1, 0.15) is 5.22 Å². The summed E-state index contributed by atoms with van der Waals surface area (Å²) in [6.45, 7) is 6.27. The average molecular weight is 305 g/mol. The minimum absolute atomic E-state index is 0.122. The van der Waals surface area contributed by atoms with Crippen molar-refractivity contribution in [2.24, 2.45) is 0 Å². The van der Waals surface area contributed by atoms with E-state index in [0.717, 1.165) is 25.3 Å². The normalized spacial score (nSPS) is 24.6. The van der Waals surface area contributed by atoms with Crippen molar-refractivity contribution in [3.05, 3.63) is 12.7 Å². The van der Waals surface area contributed by atoms with Gasteiger partial charge in [0.15, 0.2) is 0 Å². The van der Waals surface area contributed by atoms with Crippen LogP contribution in [0.1, 0.15) is 39.0 Å². The van der Waals surface area contributed by atoms with Crippen molar-refractivity contribution in [1.82, 2.24) is 0 Å². The molecule has 0 amide bonds. The Morgan fingerprint density at radius 3 is 2.15 bits per heavy atom. The maximum absolute atomic E-state index is 5.83. The quantitative estimate of drug-likeness (QED) is 0.533. The van der Waals surface area contributed by atoms with Crippen molar-refractivity contribution >= 4 is 8.56 Å². The zero-order chi connectivity index (χ0) is 15.5. The molecular weight excluding hydrogens is 272 g/mol. The second-order valence-corrected chi connectivity index (χ2v) is 8.79. The molecule has 1 fully saturated rings. The van der Waals surface area contributed by atoms with Crippen LogP contribution in [-0.4, -0.2) is 48.8 Å². The van der Waals surface area contributed by atoms with Gasteiger partial charge in [-0.2, -0.15) is 0 Å². The molecule has 1 aliphatic rings. The first-order valence-corrected chi connectivity index (χ1v) is 9.39. The second kappa shape index (κ2) is 10.5. The van der Waals surface area contributed by atoms with Crippen LogP contribution in [0.2, 0.25) is 6.04 Å². The van der Waals surface area contributed by atoms with Crippen LogP contribution in [0.3, 0.4) is 0 Å². The van der Waals surface area contributed by atoms with Crippen LogP contribution in [0.5, 0.6) is 0 Å². The Labute approximate surface area is 125 Å². The van der Waals surface area contributed by atoms with E-state index in [2.05, 4.69) is 18.2 Å². The van der Waals surface area contributed by atoms with E-state index >= 15 is 0 Å². The van der Waals surface area contributed by atoms with Gasteiger partial charge in [0.2, 0.25) is 0 Å². The van der Waals surface area contributed by atoms with Crippen LogP contribution >= 0.6 is 0 Å². The molecule has 1 aliphatic heterocycles. The molecular formula is C15H32O4Si. The van der Waals surface area contributed by atoms with Gasteiger partial charge in [0.25, 0.3) is 0 Å². The van der Waals surface area contributed by atoms with Crippen LogP contribution in [0.15, 0.2) is 12.7 Å². The van der Waals surface area contributed by atoms with E-state index in [-0.39, 0.29) is 5.22 Å². The summed E-state index contributed by atoms with van der Waals surface area (Å²) >= 11 is 0. The molecule has 0 aromatic heterocycles. The van der Waals surface area contributed by atoms with Gasteiger partial charge in [0.05, 0.1) is 6.61 Å². The van der Waals surface area contributed by atoms with Gasteiger partial charge in [-0.1, -0.05) is 32.3 Å². The van der Waals surface area contributed by atoms with Crippen LogP contribution in [0.4, 0.5) is 0 Å². The topological polar surface area (TPSA) is 36.9 Å². The van der Waals surface area contributed by atoms with E-state index < -0.39 is 8.56 Å². The van der Waals surface area contributed by atoms with E-state index in [4.69, 9.17) is 13.6 Å². The van der Waals surface area contributed by atoms with E-state index in [1.165, 1.54) is 12.8 Å². The van der Waals surface area contributed by atoms with E-state index in [9.17, 15) is 0 Å². The maximum atomic E-state index is 5.83.